The minimum Gasteiger partial charge on any atom is -0.293 e. The van der Waals surface area contributed by atoms with E-state index >= 15 is 0 Å². The van der Waals surface area contributed by atoms with Crippen molar-refractivity contribution in [1.29, 1.82) is 0 Å². The molecule has 1 unspecified atom stereocenters. The van der Waals surface area contributed by atoms with Gasteiger partial charge in [-0.15, -0.1) is 11.3 Å². The first-order valence-corrected chi connectivity index (χ1v) is 14.3. The van der Waals surface area contributed by atoms with Gasteiger partial charge in [-0.1, -0.05) is 23.8 Å². The first-order valence-electron chi connectivity index (χ1n) is 12.0. The Hall–Kier alpha value is -2.13. The van der Waals surface area contributed by atoms with Crippen LogP contribution in [0.15, 0.2) is 59.6 Å². The second kappa shape index (κ2) is 10.1. The monoisotopic (exact) mass is 515 g/mol. The van der Waals surface area contributed by atoms with Gasteiger partial charge in [0, 0.05) is 35.4 Å². The summed E-state index contributed by atoms with van der Waals surface area (Å²) in [5.74, 6) is 0. The molecule has 35 heavy (non-hydrogen) atoms. The number of halogens is 1. The molecular weight excluding hydrogens is 481 g/mol. The van der Waals surface area contributed by atoms with Crippen LogP contribution >= 0.6 is 11.3 Å². The number of pyridine rings is 1. The van der Waals surface area contributed by atoms with E-state index in [-0.39, 0.29) is 21.0 Å². The molecule has 1 aromatic carbocycles. The smallest absolute Gasteiger partial charge is 0.240 e. The van der Waals surface area contributed by atoms with Crippen LogP contribution in [0.2, 0.25) is 0 Å². The van der Waals surface area contributed by atoms with Gasteiger partial charge in [-0.2, -0.15) is 4.39 Å². The predicted molar refractivity (Wildman–Crippen MR) is 140 cm³/mol. The molecule has 1 fully saturated rings. The number of sulfonamides is 1. The molecule has 188 valence electrons. The maximum atomic E-state index is 13.6. The predicted octanol–water partition coefficient (Wildman–Crippen LogP) is 5.44. The van der Waals surface area contributed by atoms with E-state index in [2.05, 4.69) is 34.5 Å². The lowest BCUT2D eigenvalue weighted by atomic mass is 9.82. The second-order valence-electron chi connectivity index (χ2n) is 10.3. The Kier molecular flexibility index (Phi) is 7.48. The van der Waals surface area contributed by atoms with Crippen molar-refractivity contribution in [3.8, 4) is 0 Å². The zero-order valence-corrected chi connectivity index (χ0v) is 22.5. The molecule has 3 heterocycles. The van der Waals surface area contributed by atoms with Crippen molar-refractivity contribution < 1.29 is 12.8 Å². The molecule has 1 saturated heterocycles. The van der Waals surface area contributed by atoms with E-state index in [0.29, 0.717) is 6.54 Å². The molecule has 0 aliphatic carbocycles. The van der Waals surface area contributed by atoms with Crippen LogP contribution in [0.5, 0.6) is 0 Å². The molecule has 2 aromatic heterocycles. The van der Waals surface area contributed by atoms with Gasteiger partial charge < -0.3 is 0 Å². The second-order valence-corrected chi connectivity index (χ2v) is 13.1. The van der Waals surface area contributed by atoms with Crippen LogP contribution in [0.25, 0.3) is 0 Å². The largest absolute Gasteiger partial charge is 0.293 e. The highest BCUT2D eigenvalue weighted by Crippen LogP contribution is 2.41. The Morgan fingerprint density at radius 3 is 2.49 bits per heavy atom. The van der Waals surface area contributed by atoms with Gasteiger partial charge in [-0.3, -0.25) is 9.88 Å². The molecule has 0 saturated carbocycles. The number of hydrogen-bond donors (Lipinski definition) is 1. The van der Waals surface area contributed by atoms with Crippen molar-refractivity contribution in [1.82, 2.24) is 14.6 Å². The van der Waals surface area contributed by atoms with E-state index in [1.54, 1.807) is 12.1 Å². The number of nitrogens with one attached hydrogen (secondary N) is 1. The maximum absolute atomic E-state index is 13.6. The van der Waals surface area contributed by atoms with Gasteiger partial charge in [0.05, 0.1) is 4.90 Å². The van der Waals surface area contributed by atoms with Crippen LogP contribution in [-0.4, -0.2) is 37.9 Å². The number of aromatic nitrogens is 1. The third-order valence-corrected chi connectivity index (χ3v) is 9.70. The lowest BCUT2D eigenvalue weighted by Gasteiger charge is -2.38. The zero-order valence-electron chi connectivity index (χ0n) is 20.8. The number of aryl methyl sites for hydroxylation is 3. The zero-order chi connectivity index (χ0) is 25.3. The number of benzene rings is 1. The minimum atomic E-state index is -3.63. The molecule has 4 rings (SSSR count). The molecular formula is C27H34FN3O2S2. The standard InChI is InChI=1S/C27H34FN3O2S2/c1-20-5-10-24(11-6-20)35(32,33)30-18-27(14-13-23-9-12-25(28)34-23)15-16-31(19-27)26(3,4)22-8-7-21(2)29-17-22/h5-12,17,30H,13-16,18-19H2,1-4H3. The molecule has 3 aromatic rings. The molecule has 5 nitrogen and oxygen atoms in total. The molecule has 0 spiro atoms. The molecule has 0 bridgehead atoms. The highest BCUT2D eigenvalue weighted by molar-refractivity contribution is 7.89. The fourth-order valence-electron chi connectivity index (χ4n) is 4.78. The number of hydrogen-bond acceptors (Lipinski definition) is 5. The first kappa shape index (κ1) is 25.9. The number of thiophene rings is 1. The number of likely N-dealkylation sites (tertiary alicyclic amines) is 1. The summed E-state index contributed by atoms with van der Waals surface area (Å²) in [5.41, 5.74) is 2.64. The first-order chi connectivity index (χ1) is 16.5. The molecule has 0 amide bonds. The average Bonchev–Trinajstić information content (AvgIpc) is 3.44. The van der Waals surface area contributed by atoms with E-state index in [1.807, 2.05) is 44.3 Å². The molecule has 1 atom stereocenters. The van der Waals surface area contributed by atoms with Gasteiger partial charge in [0.15, 0.2) is 5.13 Å². The lowest BCUT2D eigenvalue weighted by Crippen LogP contribution is -2.44. The van der Waals surface area contributed by atoms with Crippen molar-refractivity contribution >= 4 is 21.4 Å². The lowest BCUT2D eigenvalue weighted by molar-refractivity contribution is 0.128. The Morgan fingerprint density at radius 2 is 1.86 bits per heavy atom. The van der Waals surface area contributed by atoms with Crippen LogP contribution in [0.1, 0.15) is 48.4 Å². The van der Waals surface area contributed by atoms with Crippen molar-refractivity contribution in [3.05, 3.63) is 81.6 Å². The molecule has 8 heteroatoms. The van der Waals surface area contributed by atoms with E-state index in [1.165, 1.54) is 17.4 Å². The topological polar surface area (TPSA) is 62.3 Å². The summed E-state index contributed by atoms with van der Waals surface area (Å²) >= 11 is 1.17. The summed E-state index contributed by atoms with van der Waals surface area (Å²) in [5, 5.41) is -0.185. The van der Waals surface area contributed by atoms with E-state index in [9.17, 15) is 12.8 Å². The fourth-order valence-corrected chi connectivity index (χ4v) is 6.67. The highest BCUT2D eigenvalue weighted by Gasteiger charge is 2.44. The van der Waals surface area contributed by atoms with Crippen LogP contribution in [-0.2, 0) is 22.0 Å². The quantitative estimate of drug-likeness (QED) is 0.412. The van der Waals surface area contributed by atoms with Crippen LogP contribution in [0.3, 0.4) is 0 Å². The summed E-state index contributed by atoms with van der Waals surface area (Å²) in [6.07, 6.45) is 4.30. The Morgan fingerprint density at radius 1 is 1.11 bits per heavy atom. The van der Waals surface area contributed by atoms with E-state index < -0.39 is 10.0 Å². The SMILES string of the molecule is Cc1ccc(S(=O)(=O)NCC2(CCc3ccc(F)s3)CCN(C(C)(C)c3ccc(C)nc3)C2)cc1. The Bertz CT molecular complexity index is 1250. The minimum absolute atomic E-state index is 0.185. The summed E-state index contributed by atoms with van der Waals surface area (Å²) < 4.78 is 42.6. The van der Waals surface area contributed by atoms with Crippen molar-refractivity contribution in [2.24, 2.45) is 5.41 Å². The van der Waals surface area contributed by atoms with Gasteiger partial charge in [0.2, 0.25) is 10.0 Å². The third kappa shape index (κ3) is 6.00. The van der Waals surface area contributed by atoms with Gasteiger partial charge in [0.25, 0.3) is 0 Å². The Labute approximate surface area is 212 Å². The van der Waals surface area contributed by atoms with Crippen LogP contribution in [0, 0.1) is 24.4 Å². The van der Waals surface area contributed by atoms with E-state index in [0.717, 1.165) is 54.0 Å². The molecule has 1 aliphatic rings. The number of nitrogens with zero attached hydrogens (tertiary/aromatic N) is 2. The molecule has 1 N–H and O–H groups in total. The number of rotatable bonds is 9. The summed E-state index contributed by atoms with van der Waals surface area (Å²) in [6, 6.07) is 14.4. The average molecular weight is 516 g/mol. The van der Waals surface area contributed by atoms with Gasteiger partial charge in [-0.25, -0.2) is 13.1 Å². The summed E-state index contributed by atoms with van der Waals surface area (Å²) in [4.78, 5) is 8.18. The maximum Gasteiger partial charge on any atom is 0.240 e. The van der Waals surface area contributed by atoms with Crippen LogP contribution in [0.4, 0.5) is 4.39 Å². The summed E-state index contributed by atoms with van der Waals surface area (Å²) in [7, 11) is -3.63. The third-order valence-electron chi connectivity index (χ3n) is 7.35. The van der Waals surface area contributed by atoms with Gasteiger partial charge in [-0.05, 0) is 94.8 Å². The fraction of sp³-hybridized carbons (Fsp3) is 0.444. The normalized spacial score (nSPS) is 19.3. The molecule has 1 aliphatic heterocycles. The van der Waals surface area contributed by atoms with Crippen molar-refractivity contribution in [2.45, 2.75) is 57.4 Å². The highest BCUT2D eigenvalue weighted by atomic mass is 32.2. The van der Waals surface area contributed by atoms with Gasteiger partial charge in [0.1, 0.15) is 0 Å². The Balaban J connectivity index is 1.55. The van der Waals surface area contributed by atoms with Crippen molar-refractivity contribution in [3.63, 3.8) is 0 Å². The van der Waals surface area contributed by atoms with Crippen molar-refractivity contribution in [2.75, 3.05) is 19.6 Å². The van der Waals surface area contributed by atoms with E-state index in [4.69, 9.17) is 0 Å². The molecule has 0 radical (unpaired) electrons. The van der Waals surface area contributed by atoms with Gasteiger partial charge >= 0.3 is 0 Å². The summed E-state index contributed by atoms with van der Waals surface area (Å²) in [6.45, 7) is 10.2. The van der Waals surface area contributed by atoms with Crippen LogP contribution < -0.4 is 4.72 Å².